The molecule has 1 aromatic rings. The predicted octanol–water partition coefficient (Wildman–Crippen LogP) is 2.01. The summed E-state index contributed by atoms with van der Waals surface area (Å²) in [5.74, 6) is 0.508. The van der Waals surface area contributed by atoms with E-state index >= 15 is 0 Å². The van der Waals surface area contributed by atoms with Gasteiger partial charge in [-0.2, -0.15) is 0 Å². The summed E-state index contributed by atoms with van der Waals surface area (Å²) in [6, 6.07) is 0. The van der Waals surface area contributed by atoms with Crippen molar-refractivity contribution in [2.24, 2.45) is 0 Å². The molecule has 7 heteroatoms. The van der Waals surface area contributed by atoms with E-state index in [4.69, 9.17) is 0 Å². The van der Waals surface area contributed by atoms with E-state index in [0.717, 1.165) is 90.2 Å². The lowest BCUT2D eigenvalue weighted by Gasteiger charge is -2.34. The Bertz CT molecular complexity index is 713. The third-order valence-electron chi connectivity index (χ3n) is 6.51. The van der Waals surface area contributed by atoms with Crippen LogP contribution in [0, 0.1) is 0 Å². The van der Waals surface area contributed by atoms with Crippen LogP contribution in [0.5, 0.6) is 0 Å². The number of carbonyl (C=O) groups is 2. The Labute approximate surface area is 167 Å². The zero-order valence-electron chi connectivity index (χ0n) is 17.2. The number of amides is 2. The van der Waals surface area contributed by atoms with Crippen LogP contribution in [0.1, 0.15) is 72.3 Å². The molecular weight excluding hydrogens is 354 g/mol. The fraction of sp³-hybridized carbons (Fsp3) is 0.762. The molecule has 3 aliphatic rings. The first kappa shape index (κ1) is 19.4. The van der Waals surface area contributed by atoms with E-state index in [0.29, 0.717) is 11.5 Å². The molecule has 4 rings (SSSR count). The third-order valence-corrected chi connectivity index (χ3v) is 6.51. The minimum Gasteiger partial charge on any atom is -0.337 e. The standard InChI is InChI=1S/C21H33N5O2/c1-2-23-13-15-25(16-14-23)21(28)19-22-18(17-9-5-8-12-26(17)19)20(27)24-10-6-3-4-7-11-24/h2-16H2,1H3. The monoisotopic (exact) mass is 387 g/mol. The van der Waals surface area contributed by atoms with Gasteiger partial charge in [0.2, 0.25) is 0 Å². The lowest BCUT2D eigenvalue weighted by atomic mass is 10.1. The van der Waals surface area contributed by atoms with Crippen molar-refractivity contribution in [2.45, 2.75) is 58.4 Å². The Morgan fingerprint density at radius 3 is 2.11 bits per heavy atom. The summed E-state index contributed by atoms with van der Waals surface area (Å²) in [6.07, 6.45) is 7.47. The second kappa shape index (κ2) is 8.64. The predicted molar refractivity (Wildman–Crippen MR) is 108 cm³/mol. The van der Waals surface area contributed by atoms with Crippen LogP contribution in [-0.2, 0) is 13.0 Å². The Morgan fingerprint density at radius 2 is 1.43 bits per heavy atom. The van der Waals surface area contributed by atoms with Crippen LogP contribution in [0.2, 0.25) is 0 Å². The van der Waals surface area contributed by atoms with Crippen LogP contribution in [0.3, 0.4) is 0 Å². The number of hydrogen-bond acceptors (Lipinski definition) is 4. The van der Waals surface area contributed by atoms with Crippen LogP contribution < -0.4 is 0 Å². The molecule has 0 radical (unpaired) electrons. The highest BCUT2D eigenvalue weighted by atomic mass is 16.2. The molecular formula is C21H33N5O2. The second-order valence-corrected chi connectivity index (χ2v) is 8.27. The van der Waals surface area contributed by atoms with Crippen LogP contribution in [0.15, 0.2) is 0 Å². The average Bonchev–Trinajstić information content (AvgIpc) is 2.92. The lowest BCUT2D eigenvalue weighted by molar-refractivity contribution is 0.0625. The average molecular weight is 388 g/mol. The van der Waals surface area contributed by atoms with Gasteiger partial charge in [0.15, 0.2) is 5.82 Å². The highest BCUT2D eigenvalue weighted by molar-refractivity contribution is 5.97. The van der Waals surface area contributed by atoms with Crippen molar-refractivity contribution in [3.63, 3.8) is 0 Å². The number of aromatic nitrogens is 2. The van der Waals surface area contributed by atoms with Gasteiger partial charge < -0.3 is 19.3 Å². The molecule has 0 N–H and O–H groups in total. The minimum absolute atomic E-state index is 0.00572. The SMILES string of the molecule is CCN1CCN(C(=O)c2nc(C(=O)N3CCCCCC3)c3n2CCCC3)CC1. The Hall–Kier alpha value is -1.89. The zero-order valence-corrected chi connectivity index (χ0v) is 17.2. The van der Waals surface area contributed by atoms with Crippen molar-refractivity contribution in [1.82, 2.24) is 24.3 Å². The van der Waals surface area contributed by atoms with Crippen molar-refractivity contribution < 1.29 is 9.59 Å². The normalized spacial score (nSPS) is 21.3. The zero-order chi connectivity index (χ0) is 19.5. The van der Waals surface area contributed by atoms with Gasteiger partial charge in [0.05, 0.1) is 5.69 Å². The van der Waals surface area contributed by atoms with Crippen LogP contribution in [0.4, 0.5) is 0 Å². The molecule has 2 amide bonds. The highest BCUT2D eigenvalue weighted by Crippen LogP contribution is 2.24. The van der Waals surface area contributed by atoms with Crippen molar-refractivity contribution in [3.05, 3.63) is 17.2 Å². The van der Waals surface area contributed by atoms with E-state index in [-0.39, 0.29) is 11.8 Å². The Balaban J connectivity index is 1.58. The number of imidazole rings is 1. The van der Waals surface area contributed by atoms with E-state index in [1.54, 1.807) is 0 Å². The molecule has 1 aromatic heterocycles. The van der Waals surface area contributed by atoms with Gasteiger partial charge in [0.1, 0.15) is 5.69 Å². The number of likely N-dealkylation sites (tertiary alicyclic amines) is 1. The third kappa shape index (κ3) is 3.81. The molecule has 0 aromatic carbocycles. The van der Waals surface area contributed by atoms with Gasteiger partial charge in [0.25, 0.3) is 11.8 Å². The van der Waals surface area contributed by atoms with Crippen molar-refractivity contribution in [2.75, 3.05) is 45.8 Å². The number of fused-ring (bicyclic) bond motifs is 1. The summed E-state index contributed by atoms with van der Waals surface area (Å²) >= 11 is 0. The maximum atomic E-state index is 13.2. The molecule has 4 heterocycles. The molecule has 3 aliphatic heterocycles. The number of carbonyl (C=O) groups excluding carboxylic acids is 2. The Kier molecular flexibility index (Phi) is 5.99. The van der Waals surface area contributed by atoms with Crippen LogP contribution >= 0.6 is 0 Å². The number of nitrogens with zero attached hydrogens (tertiary/aromatic N) is 5. The minimum atomic E-state index is -0.00572. The van der Waals surface area contributed by atoms with E-state index in [1.165, 1.54) is 12.8 Å². The van der Waals surface area contributed by atoms with Gasteiger partial charge in [0, 0.05) is 45.8 Å². The van der Waals surface area contributed by atoms with Gasteiger partial charge in [-0.1, -0.05) is 19.8 Å². The molecule has 0 bridgehead atoms. The van der Waals surface area contributed by atoms with Crippen molar-refractivity contribution >= 4 is 11.8 Å². The van der Waals surface area contributed by atoms with Crippen molar-refractivity contribution in [3.8, 4) is 0 Å². The van der Waals surface area contributed by atoms with Gasteiger partial charge in [-0.3, -0.25) is 9.59 Å². The summed E-state index contributed by atoms with van der Waals surface area (Å²) in [5.41, 5.74) is 1.52. The highest BCUT2D eigenvalue weighted by Gasteiger charge is 2.32. The number of rotatable bonds is 3. The first-order chi connectivity index (χ1) is 13.7. The van der Waals surface area contributed by atoms with Crippen LogP contribution in [-0.4, -0.2) is 81.9 Å². The maximum Gasteiger partial charge on any atom is 0.289 e. The lowest BCUT2D eigenvalue weighted by Crippen LogP contribution is -2.49. The Morgan fingerprint density at radius 1 is 0.786 bits per heavy atom. The maximum absolute atomic E-state index is 13.2. The first-order valence-electron chi connectivity index (χ1n) is 11.1. The van der Waals surface area contributed by atoms with Gasteiger partial charge >= 0.3 is 0 Å². The summed E-state index contributed by atoms with van der Waals surface area (Å²) in [7, 11) is 0. The largest absolute Gasteiger partial charge is 0.337 e. The van der Waals surface area contributed by atoms with Crippen molar-refractivity contribution in [1.29, 1.82) is 0 Å². The van der Waals surface area contributed by atoms with E-state index in [2.05, 4.69) is 16.8 Å². The van der Waals surface area contributed by atoms with Gasteiger partial charge in [-0.25, -0.2) is 4.98 Å². The molecule has 0 unspecified atom stereocenters. The van der Waals surface area contributed by atoms with Gasteiger partial charge in [-0.05, 0) is 38.6 Å². The molecule has 7 nitrogen and oxygen atoms in total. The van der Waals surface area contributed by atoms with Crippen LogP contribution in [0.25, 0.3) is 0 Å². The molecule has 28 heavy (non-hydrogen) atoms. The summed E-state index contributed by atoms with van der Waals surface area (Å²) in [6.45, 7) is 8.91. The number of hydrogen-bond donors (Lipinski definition) is 0. The first-order valence-corrected chi connectivity index (χ1v) is 11.1. The molecule has 0 aliphatic carbocycles. The molecule has 2 saturated heterocycles. The summed E-state index contributed by atoms with van der Waals surface area (Å²) in [4.78, 5) is 37.4. The number of piperazine rings is 1. The smallest absolute Gasteiger partial charge is 0.289 e. The summed E-state index contributed by atoms with van der Waals surface area (Å²) in [5, 5.41) is 0. The number of likely N-dealkylation sites (N-methyl/N-ethyl adjacent to an activating group) is 1. The summed E-state index contributed by atoms with van der Waals surface area (Å²) < 4.78 is 2.04. The van der Waals surface area contributed by atoms with E-state index in [1.807, 2.05) is 14.4 Å². The molecule has 2 fully saturated rings. The molecule has 0 atom stereocenters. The molecule has 154 valence electrons. The molecule has 0 saturated carbocycles. The van der Waals surface area contributed by atoms with E-state index < -0.39 is 0 Å². The fourth-order valence-corrected chi connectivity index (χ4v) is 4.71. The fourth-order valence-electron chi connectivity index (χ4n) is 4.71. The molecule has 0 spiro atoms. The quantitative estimate of drug-likeness (QED) is 0.796. The second-order valence-electron chi connectivity index (χ2n) is 8.27. The van der Waals surface area contributed by atoms with E-state index in [9.17, 15) is 9.59 Å². The van der Waals surface area contributed by atoms with Gasteiger partial charge in [-0.15, -0.1) is 0 Å². The topological polar surface area (TPSA) is 61.7 Å².